The molecule has 90 valence electrons. The lowest BCUT2D eigenvalue weighted by atomic mass is 10.2. The quantitative estimate of drug-likeness (QED) is 0.858. The molecule has 0 radical (unpaired) electrons. The van der Waals surface area contributed by atoms with Crippen molar-refractivity contribution in [3.8, 4) is 10.4 Å². The molecule has 0 saturated carbocycles. The molecule has 3 nitrogen and oxygen atoms in total. The van der Waals surface area contributed by atoms with Gasteiger partial charge in [-0.25, -0.2) is 8.78 Å². The molecule has 0 bridgehead atoms. The molecule has 0 atom stereocenters. The number of halogens is 2. The van der Waals surface area contributed by atoms with Crippen LogP contribution in [0.1, 0.15) is 0 Å². The van der Waals surface area contributed by atoms with Gasteiger partial charge in [-0.1, -0.05) is 6.07 Å². The van der Waals surface area contributed by atoms with Crippen LogP contribution >= 0.6 is 11.3 Å². The summed E-state index contributed by atoms with van der Waals surface area (Å²) in [5, 5.41) is 0. The molecule has 1 aromatic carbocycles. The fourth-order valence-electron chi connectivity index (χ4n) is 1.26. The zero-order valence-electron chi connectivity index (χ0n) is 8.22. The maximum absolute atomic E-state index is 13.0. The van der Waals surface area contributed by atoms with Gasteiger partial charge in [0.05, 0.1) is 0 Å². The Morgan fingerprint density at radius 3 is 2.29 bits per heavy atom. The van der Waals surface area contributed by atoms with E-state index in [1.54, 1.807) is 0 Å². The number of hydrogen-bond acceptors (Lipinski definition) is 3. The van der Waals surface area contributed by atoms with Gasteiger partial charge in [-0.05, 0) is 29.8 Å². The van der Waals surface area contributed by atoms with E-state index in [4.69, 9.17) is 4.55 Å². The molecule has 0 saturated heterocycles. The largest absolute Gasteiger partial charge is 0.304 e. The number of hydrogen-bond donors (Lipinski definition) is 1. The fraction of sp³-hybridized carbons (Fsp3) is 0. The first-order chi connectivity index (χ1) is 7.88. The molecule has 0 unspecified atom stereocenters. The van der Waals surface area contributed by atoms with Crippen molar-refractivity contribution in [1.29, 1.82) is 0 Å². The van der Waals surface area contributed by atoms with Crippen LogP contribution in [0.15, 0.2) is 34.5 Å². The van der Waals surface area contributed by atoms with Gasteiger partial charge in [0.2, 0.25) is 0 Å². The summed E-state index contributed by atoms with van der Waals surface area (Å²) in [7, 11) is -4.26. The van der Waals surface area contributed by atoms with Crippen LogP contribution in [0.25, 0.3) is 10.4 Å². The Kier molecular flexibility index (Phi) is 2.98. The average Bonchev–Trinajstić information content (AvgIpc) is 2.70. The second-order valence-corrected chi connectivity index (χ2v) is 5.95. The van der Waals surface area contributed by atoms with Crippen LogP contribution < -0.4 is 0 Å². The first-order valence-corrected chi connectivity index (χ1v) is 6.66. The van der Waals surface area contributed by atoms with Crippen LogP contribution in [0.4, 0.5) is 8.78 Å². The van der Waals surface area contributed by atoms with Gasteiger partial charge in [-0.2, -0.15) is 8.42 Å². The van der Waals surface area contributed by atoms with Gasteiger partial charge in [-0.15, -0.1) is 11.3 Å². The second-order valence-electron chi connectivity index (χ2n) is 3.22. The molecule has 2 rings (SSSR count). The fourth-order valence-corrected chi connectivity index (χ4v) is 2.93. The molecule has 1 aromatic heterocycles. The zero-order chi connectivity index (χ0) is 12.6. The number of thiophene rings is 1. The van der Waals surface area contributed by atoms with Crippen molar-refractivity contribution >= 4 is 21.5 Å². The minimum absolute atomic E-state index is 0.239. The maximum Gasteiger partial charge on any atom is 0.304 e. The van der Waals surface area contributed by atoms with E-state index >= 15 is 0 Å². The van der Waals surface area contributed by atoms with E-state index in [0.717, 1.165) is 23.5 Å². The Hall–Kier alpha value is -1.31. The van der Waals surface area contributed by atoms with Crippen molar-refractivity contribution < 1.29 is 21.8 Å². The molecule has 1 heterocycles. The normalized spacial score (nSPS) is 11.7. The van der Waals surface area contributed by atoms with Gasteiger partial charge in [-0.3, -0.25) is 4.55 Å². The summed E-state index contributed by atoms with van der Waals surface area (Å²) < 4.78 is 55.9. The second kappa shape index (κ2) is 4.17. The summed E-state index contributed by atoms with van der Waals surface area (Å²) in [4.78, 5) is 0.427. The van der Waals surface area contributed by atoms with Gasteiger partial charge in [0.1, 0.15) is 4.21 Å². The molecular weight excluding hydrogens is 270 g/mol. The van der Waals surface area contributed by atoms with E-state index in [1.807, 2.05) is 0 Å². The highest BCUT2D eigenvalue weighted by Gasteiger charge is 2.14. The number of benzene rings is 1. The van der Waals surface area contributed by atoms with Crippen LogP contribution in [0.2, 0.25) is 0 Å². The minimum atomic E-state index is -4.26. The Bertz CT molecular complexity index is 662. The van der Waals surface area contributed by atoms with Gasteiger partial charge in [0.15, 0.2) is 11.6 Å². The standard InChI is InChI=1S/C10H6F2O3S2/c11-7-2-1-6(5-8(7)12)9-3-4-10(16-9)17(13,14)15/h1-5H,(H,13,14,15). The third-order valence-electron chi connectivity index (χ3n) is 2.04. The molecule has 17 heavy (non-hydrogen) atoms. The van der Waals surface area contributed by atoms with Gasteiger partial charge in [0, 0.05) is 4.88 Å². The summed E-state index contributed by atoms with van der Waals surface area (Å²) in [5.74, 6) is -1.98. The Morgan fingerprint density at radius 1 is 1.06 bits per heavy atom. The molecule has 7 heteroatoms. The topological polar surface area (TPSA) is 54.4 Å². The van der Waals surface area contributed by atoms with Gasteiger partial charge >= 0.3 is 10.1 Å². The minimum Gasteiger partial charge on any atom is -0.281 e. The Labute approximate surface area is 100 Å². The van der Waals surface area contributed by atoms with Crippen molar-refractivity contribution in [2.45, 2.75) is 4.21 Å². The molecule has 0 amide bonds. The van der Waals surface area contributed by atoms with Crippen molar-refractivity contribution in [2.75, 3.05) is 0 Å². The van der Waals surface area contributed by atoms with Crippen LogP contribution in [-0.4, -0.2) is 13.0 Å². The van der Waals surface area contributed by atoms with Crippen LogP contribution in [0.3, 0.4) is 0 Å². The molecule has 0 fully saturated rings. The van der Waals surface area contributed by atoms with Gasteiger partial charge in [0.25, 0.3) is 0 Å². The summed E-state index contributed by atoms with van der Waals surface area (Å²) in [6, 6.07) is 5.88. The first-order valence-electron chi connectivity index (χ1n) is 4.40. The SMILES string of the molecule is O=S(=O)(O)c1ccc(-c2ccc(F)c(F)c2)s1. The van der Waals surface area contributed by atoms with Gasteiger partial charge < -0.3 is 0 Å². The monoisotopic (exact) mass is 276 g/mol. The molecule has 0 aliphatic carbocycles. The predicted molar refractivity (Wildman–Crippen MR) is 59.5 cm³/mol. The number of rotatable bonds is 2. The third kappa shape index (κ3) is 2.51. The first kappa shape index (κ1) is 12.2. The summed E-state index contributed by atoms with van der Waals surface area (Å²) in [6.45, 7) is 0. The highest BCUT2D eigenvalue weighted by atomic mass is 32.3. The molecule has 0 spiro atoms. The summed E-state index contributed by atoms with van der Waals surface area (Å²) >= 11 is 0.780. The summed E-state index contributed by atoms with van der Waals surface area (Å²) in [5.41, 5.74) is 0.351. The third-order valence-corrected chi connectivity index (χ3v) is 4.50. The van der Waals surface area contributed by atoms with E-state index in [9.17, 15) is 17.2 Å². The smallest absolute Gasteiger partial charge is 0.281 e. The highest BCUT2D eigenvalue weighted by molar-refractivity contribution is 7.88. The molecular formula is C10H6F2O3S2. The van der Waals surface area contributed by atoms with E-state index in [2.05, 4.69) is 0 Å². The maximum atomic E-state index is 13.0. The van der Waals surface area contributed by atoms with Crippen LogP contribution in [0, 0.1) is 11.6 Å². The lowest BCUT2D eigenvalue weighted by Crippen LogP contribution is -1.93. The van der Waals surface area contributed by atoms with Crippen molar-refractivity contribution in [2.24, 2.45) is 0 Å². The van der Waals surface area contributed by atoms with E-state index < -0.39 is 21.8 Å². The average molecular weight is 276 g/mol. The molecule has 0 aliphatic heterocycles. The Balaban J connectivity index is 2.47. The van der Waals surface area contributed by atoms with Crippen molar-refractivity contribution in [1.82, 2.24) is 0 Å². The van der Waals surface area contributed by atoms with Crippen LogP contribution in [0.5, 0.6) is 0 Å². The lowest BCUT2D eigenvalue weighted by Gasteiger charge is -1.98. The summed E-state index contributed by atoms with van der Waals surface area (Å²) in [6.07, 6.45) is 0. The Morgan fingerprint density at radius 2 is 1.76 bits per heavy atom. The molecule has 1 N–H and O–H groups in total. The zero-order valence-corrected chi connectivity index (χ0v) is 9.86. The predicted octanol–water partition coefficient (Wildman–Crippen LogP) is 2.94. The lowest BCUT2D eigenvalue weighted by molar-refractivity contribution is 0.485. The van der Waals surface area contributed by atoms with E-state index in [1.165, 1.54) is 18.2 Å². The van der Waals surface area contributed by atoms with Crippen molar-refractivity contribution in [3.63, 3.8) is 0 Å². The van der Waals surface area contributed by atoms with E-state index in [-0.39, 0.29) is 4.21 Å². The highest BCUT2D eigenvalue weighted by Crippen LogP contribution is 2.31. The van der Waals surface area contributed by atoms with Crippen molar-refractivity contribution in [3.05, 3.63) is 42.0 Å². The van der Waals surface area contributed by atoms with Crippen LogP contribution in [-0.2, 0) is 10.1 Å². The molecule has 2 aromatic rings. The molecule has 0 aliphatic rings. The van der Waals surface area contributed by atoms with E-state index in [0.29, 0.717) is 10.4 Å².